The van der Waals surface area contributed by atoms with Crippen molar-refractivity contribution in [3.05, 3.63) is 36.3 Å². The van der Waals surface area contributed by atoms with Gasteiger partial charge < -0.3 is 9.72 Å². The molecule has 2 fully saturated rings. The van der Waals surface area contributed by atoms with E-state index in [2.05, 4.69) is 37.6 Å². The fourth-order valence-electron chi connectivity index (χ4n) is 4.28. The van der Waals surface area contributed by atoms with Crippen molar-refractivity contribution in [3.8, 4) is 0 Å². The summed E-state index contributed by atoms with van der Waals surface area (Å²) in [4.78, 5) is 21.7. The zero-order valence-electron chi connectivity index (χ0n) is 16.3. The quantitative estimate of drug-likeness (QED) is 0.877. The van der Waals surface area contributed by atoms with Gasteiger partial charge >= 0.3 is 0 Å². The van der Waals surface area contributed by atoms with Gasteiger partial charge in [-0.05, 0) is 43.7 Å². The molecule has 1 aliphatic heterocycles. The van der Waals surface area contributed by atoms with Crippen LogP contribution in [0.25, 0.3) is 5.65 Å². The molecule has 6 heteroatoms. The number of nitrogens with zero attached hydrogens (tertiary/aromatic N) is 4. The normalized spacial score (nSPS) is 24.9. The van der Waals surface area contributed by atoms with Gasteiger partial charge in [-0.2, -0.15) is 0 Å². The Labute approximate surface area is 161 Å². The minimum atomic E-state index is 0.198. The molecule has 0 aromatic carbocycles. The van der Waals surface area contributed by atoms with Crippen molar-refractivity contribution in [1.29, 1.82) is 0 Å². The third kappa shape index (κ3) is 4.87. The largest absolute Gasteiger partial charge is 0.352 e. The summed E-state index contributed by atoms with van der Waals surface area (Å²) in [5, 5.41) is 3.25. The van der Waals surface area contributed by atoms with E-state index >= 15 is 0 Å². The van der Waals surface area contributed by atoms with E-state index in [1.165, 1.54) is 12.8 Å². The maximum absolute atomic E-state index is 12.4. The Hall–Kier alpha value is -1.92. The van der Waals surface area contributed by atoms with Gasteiger partial charge in [0.25, 0.3) is 0 Å². The van der Waals surface area contributed by atoms with Crippen molar-refractivity contribution in [3.63, 3.8) is 0 Å². The maximum Gasteiger partial charge on any atom is 0.234 e. The summed E-state index contributed by atoms with van der Waals surface area (Å²) in [6.07, 6.45) is 8.91. The van der Waals surface area contributed by atoms with Gasteiger partial charge in [0.2, 0.25) is 5.91 Å². The lowest BCUT2D eigenvalue weighted by atomic mass is 9.87. The highest BCUT2D eigenvalue weighted by Gasteiger charge is 2.23. The van der Waals surface area contributed by atoms with Crippen LogP contribution in [-0.2, 0) is 11.3 Å². The Morgan fingerprint density at radius 3 is 2.59 bits per heavy atom. The Balaban J connectivity index is 1.20. The molecule has 1 N–H and O–H groups in total. The van der Waals surface area contributed by atoms with Crippen LogP contribution in [0.1, 0.15) is 38.3 Å². The van der Waals surface area contributed by atoms with Crippen LogP contribution in [0.4, 0.5) is 0 Å². The van der Waals surface area contributed by atoms with Crippen molar-refractivity contribution in [2.24, 2.45) is 5.92 Å². The summed E-state index contributed by atoms with van der Waals surface area (Å²) in [6.45, 7) is 7.59. The van der Waals surface area contributed by atoms with Crippen molar-refractivity contribution >= 4 is 11.6 Å². The molecule has 2 aromatic rings. The Kier molecular flexibility index (Phi) is 5.74. The van der Waals surface area contributed by atoms with Gasteiger partial charge in [0, 0.05) is 51.2 Å². The van der Waals surface area contributed by atoms with Crippen molar-refractivity contribution in [2.75, 3.05) is 32.7 Å². The standard InChI is InChI=1S/C21H31N5O/c1-17-5-7-18(8-6-17)23-21(27)16-25-12-10-24(11-13-25)14-19-15-26-9-3-2-4-20(26)22-19/h2-4,9,15,17-18H,5-8,10-14,16H2,1H3,(H,23,27). The number of nitrogens with one attached hydrogen (secondary N) is 1. The monoisotopic (exact) mass is 369 g/mol. The summed E-state index contributed by atoms with van der Waals surface area (Å²) in [7, 11) is 0. The summed E-state index contributed by atoms with van der Waals surface area (Å²) in [5.74, 6) is 1.02. The molecule has 27 heavy (non-hydrogen) atoms. The number of amides is 1. The molecule has 1 saturated heterocycles. The summed E-state index contributed by atoms with van der Waals surface area (Å²) in [5.41, 5.74) is 2.11. The molecule has 0 unspecified atom stereocenters. The van der Waals surface area contributed by atoms with E-state index in [4.69, 9.17) is 0 Å². The zero-order chi connectivity index (χ0) is 18.6. The lowest BCUT2D eigenvalue weighted by molar-refractivity contribution is -0.123. The SMILES string of the molecule is CC1CCC(NC(=O)CN2CCN(Cc3cn4ccccc4n3)CC2)CC1. The van der Waals surface area contributed by atoms with E-state index in [-0.39, 0.29) is 5.91 Å². The van der Waals surface area contributed by atoms with Crippen molar-refractivity contribution in [2.45, 2.75) is 45.2 Å². The number of hydrogen-bond donors (Lipinski definition) is 1. The predicted octanol–water partition coefficient (Wildman–Crippen LogP) is 2.15. The molecule has 3 heterocycles. The van der Waals surface area contributed by atoms with Crippen LogP contribution in [0.3, 0.4) is 0 Å². The smallest absolute Gasteiger partial charge is 0.234 e. The van der Waals surface area contributed by atoms with Crippen LogP contribution >= 0.6 is 0 Å². The van der Waals surface area contributed by atoms with Crippen LogP contribution in [0.5, 0.6) is 0 Å². The molecule has 0 bridgehead atoms. The average Bonchev–Trinajstić information content (AvgIpc) is 3.07. The lowest BCUT2D eigenvalue weighted by Crippen LogP contribution is -2.50. The van der Waals surface area contributed by atoms with Crippen molar-refractivity contribution < 1.29 is 4.79 Å². The van der Waals surface area contributed by atoms with Gasteiger partial charge in [-0.25, -0.2) is 4.98 Å². The van der Waals surface area contributed by atoms with E-state index in [0.29, 0.717) is 12.6 Å². The second-order valence-corrected chi connectivity index (χ2v) is 8.27. The van der Waals surface area contributed by atoms with Gasteiger partial charge in [0.1, 0.15) is 5.65 Å². The van der Waals surface area contributed by atoms with Crippen LogP contribution in [0.15, 0.2) is 30.6 Å². The van der Waals surface area contributed by atoms with Crippen LogP contribution < -0.4 is 5.32 Å². The molecule has 0 radical (unpaired) electrons. The molecule has 2 aliphatic rings. The van der Waals surface area contributed by atoms with E-state index in [1.807, 2.05) is 24.4 Å². The number of fused-ring (bicyclic) bond motifs is 1. The molecule has 0 spiro atoms. The summed E-state index contributed by atoms with van der Waals surface area (Å²) in [6, 6.07) is 6.47. The molecule has 1 saturated carbocycles. The highest BCUT2D eigenvalue weighted by molar-refractivity contribution is 5.78. The lowest BCUT2D eigenvalue weighted by Gasteiger charge is -2.34. The third-order valence-electron chi connectivity index (χ3n) is 6.01. The van der Waals surface area contributed by atoms with Gasteiger partial charge in [-0.15, -0.1) is 0 Å². The number of carbonyl (C=O) groups excluding carboxylic acids is 1. The summed E-state index contributed by atoms with van der Waals surface area (Å²) >= 11 is 0. The number of piperazine rings is 1. The first kappa shape index (κ1) is 18.4. The molecule has 0 atom stereocenters. The molecular weight excluding hydrogens is 338 g/mol. The first-order chi connectivity index (χ1) is 13.2. The van der Waals surface area contributed by atoms with E-state index < -0.39 is 0 Å². The average molecular weight is 370 g/mol. The van der Waals surface area contributed by atoms with Crippen LogP contribution in [0.2, 0.25) is 0 Å². The second-order valence-electron chi connectivity index (χ2n) is 8.27. The molecule has 146 valence electrons. The van der Waals surface area contributed by atoms with Gasteiger partial charge in [-0.3, -0.25) is 14.6 Å². The van der Waals surface area contributed by atoms with E-state index in [0.717, 1.165) is 62.8 Å². The minimum absolute atomic E-state index is 0.198. The first-order valence-electron chi connectivity index (χ1n) is 10.3. The number of pyridine rings is 1. The van der Waals surface area contributed by atoms with Gasteiger partial charge in [0.05, 0.1) is 12.2 Å². The molecule has 2 aromatic heterocycles. The second kappa shape index (κ2) is 8.40. The highest BCUT2D eigenvalue weighted by Crippen LogP contribution is 2.23. The van der Waals surface area contributed by atoms with Crippen LogP contribution in [-0.4, -0.2) is 63.9 Å². The molecule has 1 aliphatic carbocycles. The Morgan fingerprint density at radius 1 is 1.11 bits per heavy atom. The fourth-order valence-corrected chi connectivity index (χ4v) is 4.28. The number of rotatable bonds is 5. The Morgan fingerprint density at radius 2 is 1.85 bits per heavy atom. The zero-order valence-corrected chi connectivity index (χ0v) is 16.3. The van der Waals surface area contributed by atoms with E-state index in [1.54, 1.807) is 0 Å². The first-order valence-corrected chi connectivity index (χ1v) is 10.3. The summed E-state index contributed by atoms with van der Waals surface area (Å²) < 4.78 is 2.07. The molecule has 1 amide bonds. The van der Waals surface area contributed by atoms with Gasteiger partial charge in [-0.1, -0.05) is 13.0 Å². The maximum atomic E-state index is 12.4. The minimum Gasteiger partial charge on any atom is -0.352 e. The number of imidazole rings is 1. The predicted molar refractivity (Wildman–Crippen MR) is 106 cm³/mol. The molecule has 6 nitrogen and oxygen atoms in total. The highest BCUT2D eigenvalue weighted by atomic mass is 16.2. The number of carbonyl (C=O) groups is 1. The number of hydrogen-bond acceptors (Lipinski definition) is 4. The fraction of sp³-hybridized carbons (Fsp3) is 0.619. The van der Waals surface area contributed by atoms with Gasteiger partial charge in [0.15, 0.2) is 0 Å². The third-order valence-corrected chi connectivity index (χ3v) is 6.01. The topological polar surface area (TPSA) is 52.9 Å². The Bertz CT molecular complexity index is 724. The molecular formula is C21H31N5O. The van der Waals surface area contributed by atoms with E-state index in [9.17, 15) is 4.79 Å². The van der Waals surface area contributed by atoms with Crippen molar-refractivity contribution in [1.82, 2.24) is 24.5 Å². The molecule has 4 rings (SSSR count). The van der Waals surface area contributed by atoms with Crippen LogP contribution in [0, 0.1) is 5.92 Å². The number of aromatic nitrogens is 2.